The second kappa shape index (κ2) is 8.42. The van der Waals surface area contributed by atoms with Crippen molar-refractivity contribution >= 4 is 49.4 Å². The lowest BCUT2D eigenvalue weighted by Gasteiger charge is -2.38. The summed E-state index contributed by atoms with van der Waals surface area (Å²) in [6.07, 6.45) is 5.65. The summed E-state index contributed by atoms with van der Waals surface area (Å²) < 4.78 is 2.01. The topological polar surface area (TPSA) is 45.2 Å². The second-order valence-corrected chi connectivity index (χ2v) is 9.72. The van der Waals surface area contributed by atoms with Gasteiger partial charge in [0.2, 0.25) is 5.91 Å². The number of aryl methyl sites for hydroxylation is 2. The number of halogens is 3. The molecule has 0 spiro atoms. The Labute approximate surface area is 187 Å². The molecule has 1 aromatic carbocycles. The van der Waals surface area contributed by atoms with Gasteiger partial charge in [0, 0.05) is 33.8 Å². The van der Waals surface area contributed by atoms with Crippen LogP contribution in [0.2, 0.25) is 5.02 Å². The van der Waals surface area contributed by atoms with Crippen molar-refractivity contribution in [3.8, 4) is 0 Å². The van der Waals surface area contributed by atoms with Crippen LogP contribution in [-0.2, 0) is 17.6 Å². The molecule has 2 unspecified atom stereocenters. The summed E-state index contributed by atoms with van der Waals surface area (Å²) in [7, 11) is 1.72. The minimum atomic E-state index is 0.00965. The van der Waals surface area contributed by atoms with Crippen LogP contribution in [0.15, 0.2) is 33.3 Å². The number of benzene rings is 1. The number of hydrogen-bond acceptors (Lipinski definition) is 3. The van der Waals surface area contributed by atoms with Gasteiger partial charge in [0.25, 0.3) is 0 Å². The Morgan fingerprint density at radius 3 is 2.82 bits per heavy atom. The van der Waals surface area contributed by atoms with Crippen molar-refractivity contribution < 1.29 is 4.79 Å². The van der Waals surface area contributed by atoms with E-state index in [9.17, 15) is 4.79 Å². The fourth-order valence-electron chi connectivity index (χ4n) is 4.51. The number of nitrogens with zero attached hydrogens (tertiary/aromatic N) is 2. The first kappa shape index (κ1) is 20.3. The number of carbonyl (C=O) groups is 1. The van der Waals surface area contributed by atoms with Crippen molar-refractivity contribution in [1.82, 2.24) is 15.2 Å². The Balaban J connectivity index is 1.84. The van der Waals surface area contributed by atoms with Crippen LogP contribution in [0.25, 0.3) is 0 Å². The summed E-state index contributed by atoms with van der Waals surface area (Å²) in [5.41, 5.74) is 4.82. The lowest BCUT2D eigenvalue weighted by Crippen LogP contribution is -2.44. The molecule has 28 heavy (non-hydrogen) atoms. The van der Waals surface area contributed by atoms with Crippen molar-refractivity contribution in [1.29, 1.82) is 0 Å². The first-order chi connectivity index (χ1) is 13.5. The highest BCUT2D eigenvalue weighted by molar-refractivity contribution is 9.10. The molecule has 0 bridgehead atoms. The summed E-state index contributed by atoms with van der Waals surface area (Å²) in [5, 5.41) is 3.56. The van der Waals surface area contributed by atoms with Crippen LogP contribution in [0.4, 0.5) is 0 Å². The Morgan fingerprint density at radius 2 is 2.04 bits per heavy atom. The maximum Gasteiger partial charge on any atom is 0.224 e. The number of fused-ring (bicyclic) bond motifs is 2. The van der Waals surface area contributed by atoms with Gasteiger partial charge in [-0.25, -0.2) is 0 Å². The number of pyridine rings is 1. The molecule has 2 aromatic rings. The number of aromatic nitrogens is 1. The van der Waals surface area contributed by atoms with Gasteiger partial charge in [-0.3, -0.25) is 14.7 Å². The van der Waals surface area contributed by atoms with Gasteiger partial charge in [-0.2, -0.15) is 0 Å². The van der Waals surface area contributed by atoms with Crippen molar-refractivity contribution in [2.45, 2.75) is 31.7 Å². The number of likely N-dealkylation sites (tertiary alicyclic amines) is 1. The summed E-state index contributed by atoms with van der Waals surface area (Å²) in [6, 6.07) is 6.24. The fraction of sp³-hybridized carbons (Fsp3) is 0.429. The molecule has 2 aliphatic rings. The standard InChI is InChI=1S/C21H22Br2ClN3O/c1-25-21(28)14-3-2-6-27(11-14)20-18-12(8-16(24)9-17(18)23)4-5-13-7-15(22)10-26-19(13)20/h7-10,14,20H,2-6,11H2,1H3,(H,25,28). The molecule has 7 heteroatoms. The van der Waals surface area contributed by atoms with E-state index < -0.39 is 0 Å². The molecule has 2 atom stereocenters. The minimum Gasteiger partial charge on any atom is -0.359 e. The van der Waals surface area contributed by atoms with E-state index in [1.54, 1.807) is 7.05 Å². The van der Waals surface area contributed by atoms with Gasteiger partial charge in [-0.15, -0.1) is 0 Å². The van der Waals surface area contributed by atoms with Crippen molar-refractivity contribution in [2.75, 3.05) is 20.1 Å². The molecule has 1 amide bonds. The Kier molecular flexibility index (Phi) is 6.12. The van der Waals surface area contributed by atoms with E-state index in [0.717, 1.165) is 58.4 Å². The van der Waals surface area contributed by atoms with Crippen LogP contribution < -0.4 is 5.32 Å². The van der Waals surface area contributed by atoms with Crippen LogP contribution in [0.5, 0.6) is 0 Å². The summed E-state index contributed by atoms with van der Waals surface area (Å²) >= 11 is 13.7. The molecule has 2 heterocycles. The van der Waals surface area contributed by atoms with Gasteiger partial charge in [0.05, 0.1) is 17.7 Å². The fourth-order valence-corrected chi connectivity index (χ4v) is 5.98. The SMILES string of the molecule is CNC(=O)C1CCCN(C2c3ncc(Br)cc3CCc3cc(Cl)cc(Br)c32)C1. The largest absolute Gasteiger partial charge is 0.359 e. The molecule has 1 aromatic heterocycles. The first-order valence-electron chi connectivity index (χ1n) is 9.55. The molecule has 0 saturated carbocycles. The maximum atomic E-state index is 12.3. The summed E-state index contributed by atoms with van der Waals surface area (Å²) in [5.74, 6) is 0.133. The third-order valence-corrected chi connectivity index (χ3v) is 7.09. The lowest BCUT2D eigenvalue weighted by atomic mass is 9.91. The molecule has 1 aliphatic heterocycles. The van der Waals surface area contributed by atoms with E-state index >= 15 is 0 Å². The number of carbonyl (C=O) groups excluding carboxylic acids is 1. The molecule has 1 saturated heterocycles. The Bertz CT molecular complexity index is 921. The minimum absolute atomic E-state index is 0.00965. The Hall–Kier alpha value is -0.950. The molecule has 4 rings (SSSR count). The van der Waals surface area contributed by atoms with Gasteiger partial charge in [-0.05, 0) is 83.0 Å². The number of piperidine rings is 1. The Morgan fingerprint density at radius 1 is 1.25 bits per heavy atom. The van der Waals surface area contributed by atoms with Gasteiger partial charge < -0.3 is 5.32 Å². The number of amides is 1. The highest BCUT2D eigenvalue weighted by Gasteiger charge is 2.36. The molecule has 1 fully saturated rings. The highest BCUT2D eigenvalue weighted by atomic mass is 79.9. The quantitative estimate of drug-likeness (QED) is 0.604. The van der Waals surface area contributed by atoms with Crippen molar-refractivity contribution in [3.63, 3.8) is 0 Å². The predicted molar refractivity (Wildman–Crippen MR) is 119 cm³/mol. The van der Waals surface area contributed by atoms with Crippen molar-refractivity contribution in [3.05, 3.63) is 60.7 Å². The van der Waals surface area contributed by atoms with Crippen LogP contribution >= 0.6 is 43.5 Å². The zero-order valence-electron chi connectivity index (χ0n) is 15.6. The van der Waals surface area contributed by atoms with Crippen LogP contribution in [0, 0.1) is 5.92 Å². The average Bonchev–Trinajstić information content (AvgIpc) is 2.84. The van der Waals surface area contributed by atoms with Crippen LogP contribution in [0.3, 0.4) is 0 Å². The number of hydrogen-bond donors (Lipinski definition) is 1. The first-order valence-corrected chi connectivity index (χ1v) is 11.5. The molecular weight excluding hydrogens is 506 g/mol. The average molecular weight is 528 g/mol. The lowest BCUT2D eigenvalue weighted by molar-refractivity contribution is -0.126. The van der Waals surface area contributed by atoms with E-state index in [1.807, 2.05) is 12.3 Å². The number of nitrogens with one attached hydrogen (secondary N) is 1. The van der Waals surface area contributed by atoms with Gasteiger partial charge in [-0.1, -0.05) is 27.5 Å². The molecule has 1 aliphatic carbocycles. The second-order valence-electron chi connectivity index (χ2n) is 7.51. The van der Waals surface area contributed by atoms with E-state index in [0.29, 0.717) is 0 Å². The predicted octanol–water partition coefficient (Wildman–Crippen LogP) is 4.91. The summed E-state index contributed by atoms with van der Waals surface area (Å²) in [4.78, 5) is 19.6. The third kappa shape index (κ3) is 3.89. The van der Waals surface area contributed by atoms with Gasteiger partial charge in [0.15, 0.2) is 0 Å². The normalized spacial score (nSPS) is 22.1. The van der Waals surface area contributed by atoms with E-state index in [1.165, 1.54) is 16.7 Å². The van der Waals surface area contributed by atoms with Crippen LogP contribution in [-0.4, -0.2) is 35.9 Å². The zero-order chi connectivity index (χ0) is 19.8. The zero-order valence-corrected chi connectivity index (χ0v) is 19.6. The molecule has 0 radical (unpaired) electrons. The number of rotatable bonds is 2. The summed E-state index contributed by atoms with van der Waals surface area (Å²) in [6.45, 7) is 1.68. The van der Waals surface area contributed by atoms with E-state index in [-0.39, 0.29) is 17.9 Å². The smallest absolute Gasteiger partial charge is 0.224 e. The van der Waals surface area contributed by atoms with Gasteiger partial charge >= 0.3 is 0 Å². The third-order valence-electron chi connectivity index (χ3n) is 5.78. The maximum absolute atomic E-state index is 12.3. The monoisotopic (exact) mass is 525 g/mol. The molecule has 4 nitrogen and oxygen atoms in total. The molecule has 1 N–H and O–H groups in total. The van der Waals surface area contributed by atoms with E-state index in [4.69, 9.17) is 16.6 Å². The van der Waals surface area contributed by atoms with E-state index in [2.05, 4.69) is 54.2 Å². The van der Waals surface area contributed by atoms with Gasteiger partial charge in [0.1, 0.15) is 0 Å². The highest BCUT2D eigenvalue weighted by Crippen LogP contribution is 2.42. The van der Waals surface area contributed by atoms with Crippen LogP contribution in [0.1, 0.15) is 41.3 Å². The van der Waals surface area contributed by atoms with Crippen molar-refractivity contribution in [2.24, 2.45) is 5.92 Å². The molecular formula is C21H22Br2ClN3O. The molecule has 148 valence electrons.